The van der Waals surface area contributed by atoms with E-state index in [0.29, 0.717) is 12.8 Å². The molecule has 0 amide bonds. The van der Waals surface area contributed by atoms with E-state index in [4.69, 9.17) is 0 Å². The summed E-state index contributed by atoms with van der Waals surface area (Å²) in [6.45, 7) is 0. The Hall–Kier alpha value is -7.06. The third-order valence-electron chi connectivity index (χ3n) is 9.74. The third kappa shape index (κ3) is 5.52. The minimum atomic E-state index is 0.154. The summed E-state index contributed by atoms with van der Waals surface area (Å²) in [4.78, 5) is 11.1. The average molecular weight is 683 g/mol. The summed E-state index contributed by atoms with van der Waals surface area (Å²) in [5.41, 5.74) is 12.2. The molecule has 5 heterocycles. The molecule has 4 aromatic carbocycles. The summed E-state index contributed by atoms with van der Waals surface area (Å²) in [5, 5.41) is 47.8. The Morgan fingerprint density at radius 1 is 0.346 bits per heavy atom. The van der Waals surface area contributed by atoms with Gasteiger partial charge in [0.2, 0.25) is 0 Å². The number of aromatic nitrogens is 3. The number of phenols is 4. The molecule has 1 saturated heterocycles. The summed E-state index contributed by atoms with van der Waals surface area (Å²) in [7, 11) is 0. The minimum absolute atomic E-state index is 0.154. The van der Waals surface area contributed by atoms with Crippen LogP contribution in [0.3, 0.4) is 0 Å². The quantitative estimate of drug-likeness (QED) is 0.102. The van der Waals surface area contributed by atoms with Gasteiger partial charge < -0.3 is 40.7 Å². The van der Waals surface area contributed by atoms with Gasteiger partial charge in [-0.15, -0.1) is 0 Å². The second kappa shape index (κ2) is 12.4. The molecule has 9 rings (SSSR count). The number of aromatic hydroxyl groups is 4. The molecule has 1 fully saturated rings. The lowest BCUT2D eigenvalue weighted by Crippen LogP contribution is -2.17. The Morgan fingerprint density at radius 3 is 1.02 bits per heavy atom. The third-order valence-corrected chi connectivity index (χ3v) is 9.74. The molecule has 254 valence electrons. The zero-order valence-corrected chi connectivity index (χ0v) is 27.9. The molecule has 8 N–H and O–H groups in total. The monoisotopic (exact) mass is 682 g/mol. The highest BCUT2D eigenvalue weighted by molar-refractivity contribution is 5.88. The van der Waals surface area contributed by atoms with E-state index >= 15 is 0 Å². The lowest BCUT2D eigenvalue weighted by atomic mass is 9.98. The van der Waals surface area contributed by atoms with Crippen molar-refractivity contribution in [2.45, 2.75) is 12.8 Å². The predicted molar refractivity (Wildman–Crippen MR) is 202 cm³/mol. The summed E-state index contributed by atoms with van der Waals surface area (Å²) in [6.07, 6.45) is 1.40. The van der Waals surface area contributed by atoms with Gasteiger partial charge in [-0.3, -0.25) is 0 Å². The van der Waals surface area contributed by atoms with Gasteiger partial charge in [-0.2, -0.15) is 0 Å². The first kappa shape index (κ1) is 31.0. The summed E-state index contributed by atoms with van der Waals surface area (Å²) >= 11 is 0. The van der Waals surface area contributed by atoms with E-state index in [-0.39, 0.29) is 23.0 Å². The fraction of sp³-hybridized carbons (Fsp3) is 0.0455. The van der Waals surface area contributed by atoms with Gasteiger partial charge in [-0.1, -0.05) is 48.5 Å². The first-order valence-corrected chi connectivity index (χ1v) is 17.1. The molecular weight excluding hydrogens is 649 g/mol. The first-order valence-electron chi connectivity index (χ1n) is 17.1. The molecule has 8 nitrogen and oxygen atoms in total. The summed E-state index contributed by atoms with van der Waals surface area (Å²) in [6, 6.07) is 41.2. The molecule has 2 aliphatic heterocycles. The van der Waals surface area contributed by atoms with E-state index in [9.17, 15) is 20.4 Å². The van der Waals surface area contributed by atoms with Crippen LogP contribution >= 0.6 is 0 Å². The van der Waals surface area contributed by atoms with Gasteiger partial charge in [0.25, 0.3) is 0 Å². The van der Waals surface area contributed by atoms with Crippen LogP contribution in [0.5, 0.6) is 23.0 Å². The summed E-state index contributed by atoms with van der Waals surface area (Å²) < 4.78 is 0. The van der Waals surface area contributed by atoms with E-state index in [0.717, 1.165) is 89.4 Å². The Balaban J connectivity index is 1.40. The SMILES string of the molecule is Oc1cccc(/C2=C3\CC/C(=C(\c4cccc(O)c4)c4ccc([nH]4)/C(c4cccc(O)c4)=c4/cc/c([nH]4)=C(\c4cccc(O)c4)c4ccc2[nH]4)N3)c1. The average Bonchev–Trinajstić information content (AvgIpc) is 3.96. The molecular formula is C44H34N4O4. The van der Waals surface area contributed by atoms with Crippen LogP contribution in [0.4, 0.5) is 0 Å². The fourth-order valence-corrected chi connectivity index (χ4v) is 7.53. The van der Waals surface area contributed by atoms with E-state index in [1.807, 2.05) is 84.9 Å². The van der Waals surface area contributed by atoms with Gasteiger partial charge in [0.1, 0.15) is 23.0 Å². The molecule has 0 spiro atoms. The number of hydrogen-bond acceptors (Lipinski definition) is 5. The van der Waals surface area contributed by atoms with E-state index < -0.39 is 0 Å². The number of nitrogens with one attached hydrogen (secondary N) is 4. The Kier molecular flexibility index (Phi) is 7.36. The van der Waals surface area contributed by atoms with Crippen LogP contribution in [0.1, 0.15) is 57.9 Å². The van der Waals surface area contributed by atoms with Gasteiger partial charge in [-0.25, -0.2) is 0 Å². The molecule has 7 aromatic rings. The maximum Gasteiger partial charge on any atom is 0.116 e. The normalized spacial score (nSPS) is 19.1. The lowest BCUT2D eigenvalue weighted by molar-refractivity contribution is 0.474. The van der Waals surface area contributed by atoms with Crippen molar-refractivity contribution in [3.8, 4) is 23.0 Å². The second-order valence-corrected chi connectivity index (χ2v) is 13.1. The van der Waals surface area contributed by atoms with Gasteiger partial charge in [0, 0.05) is 67.2 Å². The standard InChI is InChI=1S/C44H34N4O4/c49-29-9-1-5-25(21-29)41-33-13-15-35(45-33)42(26-6-2-10-30(50)22-26)37-17-19-39(47-37)44(28-8-4-12-32(52)24-28)40-20-18-38(48-40)43(36-16-14-34(41)46-36)27-7-3-11-31(51)23-27/h1-17,19,21-24,45-52H,18,20H2/b41-33-,42-35-,43-38-,44-40-. The van der Waals surface area contributed by atoms with Crippen LogP contribution in [-0.4, -0.2) is 35.4 Å². The van der Waals surface area contributed by atoms with Crippen LogP contribution in [0.25, 0.3) is 22.3 Å². The van der Waals surface area contributed by atoms with Gasteiger partial charge in [0.05, 0.1) is 0 Å². The zero-order valence-electron chi connectivity index (χ0n) is 27.9. The van der Waals surface area contributed by atoms with Crippen LogP contribution in [0.2, 0.25) is 0 Å². The van der Waals surface area contributed by atoms with Crippen molar-refractivity contribution in [1.82, 2.24) is 20.3 Å². The zero-order chi connectivity index (χ0) is 35.3. The van der Waals surface area contributed by atoms with Crippen molar-refractivity contribution < 1.29 is 20.4 Å². The fourth-order valence-electron chi connectivity index (χ4n) is 7.53. The number of hydrogen-bond donors (Lipinski definition) is 8. The Bertz CT molecular complexity index is 2540. The number of phenolic OH excluding ortho intramolecular Hbond substituents is 4. The largest absolute Gasteiger partial charge is 0.508 e. The van der Waals surface area contributed by atoms with Crippen molar-refractivity contribution >= 4 is 22.3 Å². The number of fused-ring (bicyclic) bond motifs is 8. The molecule has 2 aliphatic rings. The first-order chi connectivity index (χ1) is 25.4. The maximum absolute atomic E-state index is 10.6. The molecule has 0 unspecified atom stereocenters. The van der Waals surface area contributed by atoms with Crippen molar-refractivity contribution in [3.63, 3.8) is 0 Å². The van der Waals surface area contributed by atoms with E-state index in [1.54, 1.807) is 48.5 Å². The highest BCUT2D eigenvalue weighted by Crippen LogP contribution is 2.39. The topological polar surface area (TPSA) is 140 Å². The van der Waals surface area contributed by atoms with Crippen molar-refractivity contribution in [1.29, 1.82) is 0 Å². The smallest absolute Gasteiger partial charge is 0.116 e. The van der Waals surface area contributed by atoms with E-state index in [1.165, 1.54) is 0 Å². The van der Waals surface area contributed by atoms with Crippen molar-refractivity contribution in [3.05, 3.63) is 201 Å². The van der Waals surface area contributed by atoms with E-state index in [2.05, 4.69) is 20.3 Å². The second-order valence-electron chi connectivity index (χ2n) is 13.1. The van der Waals surface area contributed by atoms with Crippen LogP contribution < -0.4 is 16.0 Å². The van der Waals surface area contributed by atoms with Crippen LogP contribution in [0.15, 0.2) is 145 Å². The summed E-state index contributed by atoms with van der Waals surface area (Å²) in [5.74, 6) is 0.646. The predicted octanol–water partition coefficient (Wildman–Crippen LogP) is 6.90. The maximum atomic E-state index is 10.6. The highest BCUT2D eigenvalue weighted by atomic mass is 16.3. The number of benzene rings is 4. The molecule has 3 aromatic heterocycles. The molecule has 0 aliphatic carbocycles. The molecule has 8 bridgehead atoms. The molecule has 52 heavy (non-hydrogen) atoms. The van der Waals surface area contributed by atoms with Gasteiger partial charge >= 0.3 is 0 Å². The molecule has 0 radical (unpaired) electrons. The number of aromatic amines is 3. The van der Waals surface area contributed by atoms with Crippen molar-refractivity contribution in [2.24, 2.45) is 0 Å². The lowest BCUT2D eigenvalue weighted by Gasteiger charge is -2.15. The Labute approximate surface area is 298 Å². The molecule has 0 saturated carbocycles. The minimum Gasteiger partial charge on any atom is -0.508 e. The Morgan fingerprint density at radius 2 is 0.673 bits per heavy atom. The van der Waals surface area contributed by atoms with Crippen molar-refractivity contribution in [2.75, 3.05) is 0 Å². The molecule has 0 atom stereocenters. The van der Waals surface area contributed by atoms with Crippen LogP contribution in [0, 0.1) is 0 Å². The number of rotatable bonds is 4. The molecule has 8 heteroatoms. The number of allylic oxidation sites excluding steroid dienone is 2. The van der Waals surface area contributed by atoms with Gasteiger partial charge in [0.15, 0.2) is 0 Å². The van der Waals surface area contributed by atoms with Crippen LogP contribution in [-0.2, 0) is 0 Å². The van der Waals surface area contributed by atoms with Gasteiger partial charge in [-0.05, 0) is 120 Å². The number of H-pyrrole nitrogens is 3. The highest BCUT2D eigenvalue weighted by Gasteiger charge is 2.26.